The van der Waals surface area contributed by atoms with E-state index >= 15 is 0 Å². The largest absolute Gasteiger partial charge is 0.486 e. The van der Waals surface area contributed by atoms with E-state index in [-0.39, 0.29) is 18.3 Å². The van der Waals surface area contributed by atoms with E-state index in [1.807, 2.05) is 26.0 Å². The van der Waals surface area contributed by atoms with Gasteiger partial charge in [-0.1, -0.05) is 25.0 Å². The average Bonchev–Trinajstić information content (AvgIpc) is 2.83. The maximum Gasteiger partial charge on any atom is 0.173 e. The van der Waals surface area contributed by atoms with E-state index in [2.05, 4.69) is 6.07 Å². The van der Waals surface area contributed by atoms with E-state index in [4.69, 9.17) is 4.74 Å². The highest BCUT2D eigenvalue weighted by molar-refractivity contribution is 5.82. The Hall–Kier alpha value is -1.31. The third-order valence-electron chi connectivity index (χ3n) is 3.52. The molecule has 0 atom stereocenters. The molecule has 0 radical (unpaired) electrons. The molecular formula is C15H20O2. The lowest BCUT2D eigenvalue weighted by molar-refractivity contribution is -0.124. The topological polar surface area (TPSA) is 26.3 Å². The molecule has 1 aromatic rings. The summed E-state index contributed by atoms with van der Waals surface area (Å²) in [4.78, 5) is 11.9. The lowest BCUT2D eigenvalue weighted by atomic mass is 10.0. The molecule has 0 N–H and O–H groups in total. The molecule has 1 aromatic carbocycles. The molecule has 1 fully saturated rings. The maximum atomic E-state index is 11.9. The first-order valence-electron chi connectivity index (χ1n) is 6.39. The van der Waals surface area contributed by atoms with Crippen molar-refractivity contribution in [2.75, 3.05) is 6.61 Å². The molecule has 0 bridgehead atoms. The zero-order chi connectivity index (χ0) is 12.3. The molecule has 1 aliphatic rings. The first-order valence-corrected chi connectivity index (χ1v) is 6.39. The molecule has 0 spiro atoms. The molecule has 1 aliphatic carbocycles. The van der Waals surface area contributed by atoms with Gasteiger partial charge in [-0.05, 0) is 43.9 Å². The number of benzene rings is 1. The maximum absolute atomic E-state index is 11.9. The van der Waals surface area contributed by atoms with Crippen molar-refractivity contribution in [1.29, 1.82) is 0 Å². The van der Waals surface area contributed by atoms with E-state index in [1.54, 1.807) is 0 Å². The van der Waals surface area contributed by atoms with Crippen LogP contribution in [0.5, 0.6) is 5.75 Å². The molecular weight excluding hydrogens is 212 g/mol. The highest BCUT2D eigenvalue weighted by atomic mass is 16.5. The summed E-state index contributed by atoms with van der Waals surface area (Å²) in [5, 5.41) is 0. The smallest absolute Gasteiger partial charge is 0.173 e. The molecule has 0 aliphatic heterocycles. The number of rotatable bonds is 4. The van der Waals surface area contributed by atoms with Gasteiger partial charge in [-0.2, -0.15) is 0 Å². The van der Waals surface area contributed by atoms with E-state index < -0.39 is 0 Å². The fraction of sp³-hybridized carbons (Fsp3) is 0.533. The van der Waals surface area contributed by atoms with Gasteiger partial charge in [0.2, 0.25) is 0 Å². The second-order valence-corrected chi connectivity index (χ2v) is 5.01. The molecule has 0 amide bonds. The minimum Gasteiger partial charge on any atom is -0.486 e. The highest BCUT2D eigenvalue weighted by Crippen LogP contribution is 2.26. The third-order valence-corrected chi connectivity index (χ3v) is 3.52. The molecule has 0 saturated heterocycles. The van der Waals surface area contributed by atoms with Crippen LogP contribution >= 0.6 is 0 Å². The van der Waals surface area contributed by atoms with E-state index in [1.165, 1.54) is 18.4 Å². The van der Waals surface area contributed by atoms with Crippen LogP contribution in [0.15, 0.2) is 18.2 Å². The fourth-order valence-corrected chi connectivity index (χ4v) is 2.38. The van der Waals surface area contributed by atoms with Crippen LogP contribution in [-0.2, 0) is 4.79 Å². The number of ether oxygens (including phenoxy) is 1. The van der Waals surface area contributed by atoms with Gasteiger partial charge in [0.1, 0.15) is 12.4 Å². The van der Waals surface area contributed by atoms with Crippen molar-refractivity contribution in [2.24, 2.45) is 5.92 Å². The Kier molecular flexibility index (Phi) is 3.82. The zero-order valence-electron chi connectivity index (χ0n) is 10.7. The molecule has 0 unspecified atom stereocenters. The van der Waals surface area contributed by atoms with Gasteiger partial charge in [0.05, 0.1) is 0 Å². The summed E-state index contributed by atoms with van der Waals surface area (Å²) in [6.45, 7) is 4.27. The molecule has 0 heterocycles. The summed E-state index contributed by atoms with van der Waals surface area (Å²) < 4.78 is 5.64. The van der Waals surface area contributed by atoms with Crippen LogP contribution in [0.1, 0.15) is 36.8 Å². The lowest BCUT2D eigenvalue weighted by Gasteiger charge is -2.12. The van der Waals surface area contributed by atoms with Crippen molar-refractivity contribution >= 4 is 5.78 Å². The summed E-state index contributed by atoms with van der Waals surface area (Å²) in [5.74, 6) is 1.36. The standard InChI is InChI=1S/C15H20O2/c1-11-7-8-12(2)15(9-11)17-10-14(16)13-5-3-4-6-13/h7-9,13H,3-6,10H2,1-2H3. The number of Topliss-reactive ketones (excluding diaryl/α,β-unsaturated/α-hetero) is 1. The van der Waals surface area contributed by atoms with Gasteiger partial charge in [0, 0.05) is 5.92 Å². The SMILES string of the molecule is Cc1ccc(C)c(OCC(=O)C2CCCC2)c1. The normalized spacial score (nSPS) is 16.1. The van der Waals surface area contributed by atoms with Crippen LogP contribution in [0.4, 0.5) is 0 Å². The summed E-state index contributed by atoms with van der Waals surface area (Å²) >= 11 is 0. The minimum absolute atomic E-state index is 0.231. The Morgan fingerprint density at radius 1 is 1.29 bits per heavy atom. The van der Waals surface area contributed by atoms with Gasteiger partial charge in [-0.15, -0.1) is 0 Å². The Morgan fingerprint density at radius 2 is 2.00 bits per heavy atom. The fourth-order valence-electron chi connectivity index (χ4n) is 2.38. The monoisotopic (exact) mass is 232 g/mol. The third kappa shape index (κ3) is 3.09. The van der Waals surface area contributed by atoms with Gasteiger partial charge in [0.15, 0.2) is 5.78 Å². The molecule has 2 heteroatoms. The van der Waals surface area contributed by atoms with Crippen LogP contribution in [0, 0.1) is 19.8 Å². The van der Waals surface area contributed by atoms with Crippen LogP contribution in [0.2, 0.25) is 0 Å². The predicted octanol–water partition coefficient (Wildman–Crippen LogP) is 3.44. The number of ketones is 1. The first kappa shape index (κ1) is 12.2. The highest BCUT2D eigenvalue weighted by Gasteiger charge is 2.22. The van der Waals surface area contributed by atoms with E-state index in [9.17, 15) is 4.79 Å². The molecule has 2 rings (SSSR count). The van der Waals surface area contributed by atoms with Crippen molar-refractivity contribution in [3.05, 3.63) is 29.3 Å². The van der Waals surface area contributed by atoms with Crippen LogP contribution in [-0.4, -0.2) is 12.4 Å². The number of carbonyl (C=O) groups is 1. The summed E-state index contributed by atoms with van der Waals surface area (Å²) in [7, 11) is 0. The van der Waals surface area contributed by atoms with Crippen LogP contribution < -0.4 is 4.74 Å². The quantitative estimate of drug-likeness (QED) is 0.795. The van der Waals surface area contributed by atoms with Crippen LogP contribution in [0.3, 0.4) is 0 Å². The molecule has 17 heavy (non-hydrogen) atoms. The summed E-state index contributed by atoms with van der Waals surface area (Å²) in [6, 6.07) is 6.09. The van der Waals surface area contributed by atoms with Gasteiger partial charge < -0.3 is 4.74 Å². The Bertz CT molecular complexity index is 403. The van der Waals surface area contributed by atoms with Crippen molar-refractivity contribution < 1.29 is 9.53 Å². The summed E-state index contributed by atoms with van der Waals surface area (Å²) in [6.07, 6.45) is 4.49. The molecule has 92 valence electrons. The summed E-state index contributed by atoms with van der Waals surface area (Å²) in [5.41, 5.74) is 2.26. The Morgan fingerprint density at radius 3 is 2.71 bits per heavy atom. The molecule has 0 aromatic heterocycles. The Labute approximate surface area is 103 Å². The Balaban J connectivity index is 1.92. The van der Waals surface area contributed by atoms with Gasteiger partial charge in [-0.3, -0.25) is 4.79 Å². The molecule has 1 saturated carbocycles. The number of hydrogen-bond acceptors (Lipinski definition) is 2. The number of hydrogen-bond donors (Lipinski definition) is 0. The first-order chi connectivity index (χ1) is 8.16. The van der Waals surface area contributed by atoms with Gasteiger partial charge in [0.25, 0.3) is 0 Å². The van der Waals surface area contributed by atoms with Crippen molar-refractivity contribution in [1.82, 2.24) is 0 Å². The van der Waals surface area contributed by atoms with Crippen molar-refractivity contribution in [3.8, 4) is 5.75 Å². The van der Waals surface area contributed by atoms with E-state index in [0.29, 0.717) is 0 Å². The predicted molar refractivity (Wildman–Crippen MR) is 68.4 cm³/mol. The lowest BCUT2D eigenvalue weighted by Crippen LogP contribution is -2.19. The minimum atomic E-state index is 0.231. The molecule has 2 nitrogen and oxygen atoms in total. The van der Waals surface area contributed by atoms with Gasteiger partial charge >= 0.3 is 0 Å². The van der Waals surface area contributed by atoms with Crippen molar-refractivity contribution in [3.63, 3.8) is 0 Å². The number of carbonyl (C=O) groups excluding carboxylic acids is 1. The van der Waals surface area contributed by atoms with Gasteiger partial charge in [-0.25, -0.2) is 0 Å². The van der Waals surface area contributed by atoms with E-state index in [0.717, 1.165) is 24.2 Å². The van der Waals surface area contributed by atoms with Crippen molar-refractivity contribution in [2.45, 2.75) is 39.5 Å². The average molecular weight is 232 g/mol. The number of aryl methyl sites for hydroxylation is 2. The second kappa shape index (κ2) is 5.35. The van der Waals surface area contributed by atoms with Crippen LogP contribution in [0.25, 0.3) is 0 Å². The zero-order valence-corrected chi connectivity index (χ0v) is 10.7. The second-order valence-electron chi connectivity index (χ2n) is 5.01.